The summed E-state index contributed by atoms with van der Waals surface area (Å²) >= 11 is 0. The highest BCUT2D eigenvalue weighted by Gasteiger charge is 2.26. The Kier molecular flexibility index (Phi) is 5.92. The summed E-state index contributed by atoms with van der Waals surface area (Å²) in [5.74, 6) is -0.0671. The molecule has 4 nitrogen and oxygen atoms in total. The molecular weight excluding hydrogens is 216 g/mol. The maximum Gasteiger partial charge on any atom is 0.304 e. The average molecular weight is 242 g/mol. The number of carboxylic acid groups (broad SMARTS) is 1. The summed E-state index contributed by atoms with van der Waals surface area (Å²) in [7, 11) is 2.05. The van der Waals surface area contributed by atoms with Gasteiger partial charge in [0, 0.05) is 25.7 Å². The standard InChI is InChI=1S/C13H26N2O2/c1-4-5-6-15-9-11(2)8-14(3)12(10-15)7-13(16)17/h11-12H,4-10H2,1-3H3,(H,16,17). The molecule has 2 unspecified atom stereocenters. The predicted molar refractivity (Wildman–Crippen MR) is 69.2 cm³/mol. The number of hydrogen-bond acceptors (Lipinski definition) is 3. The minimum absolute atomic E-state index is 0.161. The zero-order valence-electron chi connectivity index (χ0n) is 11.4. The molecule has 0 spiro atoms. The van der Waals surface area contributed by atoms with Gasteiger partial charge in [0.05, 0.1) is 6.42 Å². The van der Waals surface area contributed by atoms with Gasteiger partial charge in [0.15, 0.2) is 0 Å². The molecule has 0 bridgehead atoms. The molecule has 0 radical (unpaired) electrons. The third-order valence-corrected chi connectivity index (χ3v) is 3.50. The van der Waals surface area contributed by atoms with Crippen molar-refractivity contribution in [1.29, 1.82) is 0 Å². The van der Waals surface area contributed by atoms with Crippen LogP contribution in [-0.4, -0.2) is 60.1 Å². The Labute approximate surface area is 105 Å². The summed E-state index contributed by atoms with van der Waals surface area (Å²) in [4.78, 5) is 15.5. The van der Waals surface area contributed by atoms with Crippen LogP contribution in [0.1, 0.15) is 33.1 Å². The van der Waals surface area contributed by atoms with E-state index >= 15 is 0 Å². The molecule has 0 aliphatic carbocycles. The van der Waals surface area contributed by atoms with Crippen LogP contribution in [-0.2, 0) is 4.79 Å². The first-order chi connectivity index (χ1) is 8.02. The van der Waals surface area contributed by atoms with E-state index in [1.165, 1.54) is 12.8 Å². The van der Waals surface area contributed by atoms with E-state index in [4.69, 9.17) is 5.11 Å². The fourth-order valence-corrected chi connectivity index (χ4v) is 2.64. The molecule has 0 saturated carbocycles. The fourth-order valence-electron chi connectivity index (χ4n) is 2.64. The van der Waals surface area contributed by atoms with Gasteiger partial charge < -0.3 is 14.9 Å². The van der Waals surface area contributed by atoms with Gasteiger partial charge in [-0.05, 0) is 25.9 Å². The lowest BCUT2D eigenvalue weighted by molar-refractivity contribution is -0.138. The number of carboxylic acids is 1. The maximum atomic E-state index is 10.9. The Morgan fingerprint density at radius 3 is 2.65 bits per heavy atom. The van der Waals surface area contributed by atoms with E-state index in [1.54, 1.807) is 0 Å². The first-order valence-electron chi connectivity index (χ1n) is 6.67. The molecule has 0 aromatic rings. The van der Waals surface area contributed by atoms with Crippen molar-refractivity contribution in [3.63, 3.8) is 0 Å². The van der Waals surface area contributed by atoms with Gasteiger partial charge in [-0.3, -0.25) is 4.79 Å². The minimum Gasteiger partial charge on any atom is -0.481 e. The maximum absolute atomic E-state index is 10.9. The molecule has 1 rings (SSSR count). The molecule has 0 amide bonds. The lowest BCUT2D eigenvalue weighted by Gasteiger charge is -2.27. The van der Waals surface area contributed by atoms with Crippen LogP contribution < -0.4 is 0 Å². The second kappa shape index (κ2) is 6.97. The number of hydrogen-bond donors (Lipinski definition) is 1. The normalized spacial score (nSPS) is 27.9. The topological polar surface area (TPSA) is 43.8 Å². The molecule has 17 heavy (non-hydrogen) atoms. The molecule has 1 N–H and O–H groups in total. The third kappa shape index (κ3) is 5.04. The van der Waals surface area contributed by atoms with Crippen molar-refractivity contribution in [2.24, 2.45) is 5.92 Å². The van der Waals surface area contributed by atoms with Crippen LogP contribution in [0.25, 0.3) is 0 Å². The molecular formula is C13H26N2O2. The van der Waals surface area contributed by atoms with E-state index in [1.807, 2.05) is 7.05 Å². The van der Waals surface area contributed by atoms with Crippen molar-refractivity contribution in [2.75, 3.05) is 33.2 Å². The highest BCUT2D eigenvalue weighted by Crippen LogP contribution is 2.15. The Morgan fingerprint density at radius 2 is 2.06 bits per heavy atom. The van der Waals surface area contributed by atoms with E-state index in [-0.39, 0.29) is 12.5 Å². The van der Waals surface area contributed by atoms with Gasteiger partial charge in [-0.2, -0.15) is 0 Å². The first-order valence-corrected chi connectivity index (χ1v) is 6.67. The lowest BCUT2D eigenvalue weighted by atomic mass is 10.1. The van der Waals surface area contributed by atoms with Gasteiger partial charge >= 0.3 is 5.97 Å². The van der Waals surface area contributed by atoms with Crippen molar-refractivity contribution < 1.29 is 9.90 Å². The predicted octanol–water partition coefficient (Wildman–Crippen LogP) is 1.51. The zero-order valence-corrected chi connectivity index (χ0v) is 11.4. The fraction of sp³-hybridized carbons (Fsp3) is 0.923. The SMILES string of the molecule is CCCCN1CC(C)CN(C)C(CC(=O)O)C1. The van der Waals surface area contributed by atoms with Crippen molar-refractivity contribution >= 4 is 5.97 Å². The highest BCUT2D eigenvalue weighted by atomic mass is 16.4. The van der Waals surface area contributed by atoms with E-state index in [2.05, 4.69) is 23.6 Å². The molecule has 2 atom stereocenters. The quantitative estimate of drug-likeness (QED) is 0.794. The number of aliphatic carboxylic acids is 1. The molecule has 1 aliphatic heterocycles. The molecule has 1 heterocycles. The second-order valence-corrected chi connectivity index (χ2v) is 5.41. The molecule has 4 heteroatoms. The van der Waals surface area contributed by atoms with E-state index < -0.39 is 5.97 Å². The molecule has 0 aromatic carbocycles. The molecule has 100 valence electrons. The van der Waals surface area contributed by atoms with Crippen LogP contribution in [0.3, 0.4) is 0 Å². The van der Waals surface area contributed by atoms with Crippen LogP contribution in [0.15, 0.2) is 0 Å². The van der Waals surface area contributed by atoms with E-state index in [0.717, 1.165) is 26.2 Å². The monoisotopic (exact) mass is 242 g/mol. The summed E-state index contributed by atoms with van der Waals surface area (Å²) in [6.07, 6.45) is 2.66. The van der Waals surface area contributed by atoms with Gasteiger partial charge in [-0.1, -0.05) is 20.3 Å². The van der Waals surface area contributed by atoms with Crippen LogP contribution in [0.5, 0.6) is 0 Å². The number of nitrogens with zero attached hydrogens (tertiary/aromatic N) is 2. The number of unbranched alkanes of at least 4 members (excludes halogenated alkanes) is 1. The smallest absolute Gasteiger partial charge is 0.304 e. The van der Waals surface area contributed by atoms with E-state index in [0.29, 0.717) is 5.92 Å². The summed E-state index contributed by atoms with van der Waals surface area (Å²) in [6, 6.07) is 0.161. The summed E-state index contributed by atoms with van der Waals surface area (Å²) < 4.78 is 0. The van der Waals surface area contributed by atoms with E-state index in [9.17, 15) is 4.79 Å². The molecule has 1 fully saturated rings. The molecule has 1 saturated heterocycles. The lowest BCUT2D eigenvalue weighted by Crippen LogP contribution is -2.40. The Balaban J connectivity index is 2.58. The Morgan fingerprint density at radius 1 is 1.35 bits per heavy atom. The Hall–Kier alpha value is -0.610. The second-order valence-electron chi connectivity index (χ2n) is 5.41. The van der Waals surface area contributed by atoms with Crippen molar-refractivity contribution in [3.8, 4) is 0 Å². The van der Waals surface area contributed by atoms with Crippen LogP contribution >= 0.6 is 0 Å². The summed E-state index contributed by atoms with van der Waals surface area (Å²) in [5, 5.41) is 8.96. The number of rotatable bonds is 5. The van der Waals surface area contributed by atoms with Gasteiger partial charge in [0.25, 0.3) is 0 Å². The third-order valence-electron chi connectivity index (χ3n) is 3.50. The molecule has 0 aromatic heterocycles. The van der Waals surface area contributed by atoms with Crippen LogP contribution in [0, 0.1) is 5.92 Å². The van der Waals surface area contributed by atoms with Gasteiger partial charge in [0.2, 0.25) is 0 Å². The first kappa shape index (κ1) is 14.5. The Bertz CT molecular complexity index is 246. The number of likely N-dealkylation sites (N-methyl/N-ethyl adjacent to an activating group) is 1. The largest absolute Gasteiger partial charge is 0.481 e. The zero-order chi connectivity index (χ0) is 12.8. The van der Waals surface area contributed by atoms with Gasteiger partial charge in [-0.15, -0.1) is 0 Å². The highest BCUT2D eigenvalue weighted by molar-refractivity contribution is 5.67. The summed E-state index contributed by atoms with van der Waals surface area (Å²) in [6.45, 7) is 8.54. The minimum atomic E-state index is -0.688. The van der Waals surface area contributed by atoms with Crippen molar-refractivity contribution in [1.82, 2.24) is 9.80 Å². The van der Waals surface area contributed by atoms with Gasteiger partial charge in [0.1, 0.15) is 0 Å². The molecule has 1 aliphatic rings. The average Bonchev–Trinajstić information content (AvgIpc) is 2.35. The number of carbonyl (C=O) groups is 1. The van der Waals surface area contributed by atoms with Crippen LogP contribution in [0.4, 0.5) is 0 Å². The van der Waals surface area contributed by atoms with Crippen LogP contribution in [0.2, 0.25) is 0 Å². The van der Waals surface area contributed by atoms with Crippen molar-refractivity contribution in [3.05, 3.63) is 0 Å². The van der Waals surface area contributed by atoms with Gasteiger partial charge in [-0.25, -0.2) is 0 Å². The summed E-state index contributed by atoms with van der Waals surface area (Å²) in [5.41, 5.74) is 0. The van der Waals surface area contributed by atoms with Crippen molar-refractivity contribution in [2.45, 2.75) is 39.2 Å².